The van der Waals surface area contributed by atoms with Crippen molar-refractivity contribution in [3.05, 3.63) is 51.7 Å². The lowest BCUT2D eigenvalue weighted by atomic mass is 10.1. The molecule has 0 bridgehead atoms. The third-order valence-electron chi connectivity index (χ3n) is 4.85. The predicted molar refractivity (Wildman–Crippen MR) is 102 cm³/mol. The van der Waals surface area contributed by atoms with Crippen LogP contribution < -0.4 is 10.1 Å². The van der Waals surface area contributed by atoms with Crippen molar-refractivity contribution in [2.75, 3.05) is 26.2 Å². The minimum atomic E-state index is -0.0716. The lowest BCUT2D eigenvalue weighted by Crippen LogP contribution is -2.38. The predicted octanol–water partition coefficient (Wildman–Crippen LogP) is 3.70. The van der Waals surface area contributed by atoms with E-state index in [1.165, 1.54) is 29.5 Å². The number of benzene rings is 1. The molecule has 1 aliphatic rings. The monoisotopic (exact) mass is 358 g/mol. The summed E-state index contributed by atoms with van der Waals surface area (Å²) in [5, 5.41) is 7.32. The van der Waals surface area contributed by atoms with Crippen molar-refractivity contribution in [2.45, 2.75) is 32.7 Å². The van der Waals surface area contributed by atoms with Crippen LogP contribution in [0.3, 0.4) is 0 Å². The number of nitrogens with zero attached hydrogens (tertiary/aromatic N) is 1. The van der Waals surface area contributed by atoms with E-state index in [0.29, 0.717) is 6.54 Å². The summed E-state index contributed by atoms with van der Waals surface area (Å²) < 4.78 is 5.63. The van der Waals surface area contributed by atoms with Crippen LogP contribution in [0.15, 0.2) is 35.0 Å². The van der Waals surface area contributed by atoms with Gasteiger partial charge in [0.1, 0.15) is 5.75 Å². The summed E-state index contributed by atoms with van der Waals surface area (Å²) in [5.74, 6) is 0.671. The van der Waals surface area contributed by atoms with Gasteiger partial charge < -0.3 is 10.1 Å². The minimum Gasteiger partial charge on any atom is -0.484 e. The molecule has 1 aromatic carbocycles. The molecule has 5 heteroatoms. The van der Waals surface area contributed by atoms with Crippen LogP contribution in [0.25, 0.3) is 0 Å². The summed E-state index contributed by atoms with van der Waals surface area (Å²) >= 11 is 1.71. The van der Waals surface area contributed by atoms with Gasteiger partial charge in [-0.3, -0.25) is 9.69 Å². The molecular weight excluding hydrogens is 332 g/mol. The fourth-order valence-electron chi connectivity index (χ4n) is 3.19. The molecule has 0 spiro atoms. The van der Waals surface area contributed by atoms with Gasteiger partial charge in [0.05, 0.1) is 6.04 Å². The Hall–Kier alpha value is -1.85. The van der Waals surface area contributed by atoms with Gasteiger partial charge in [-0.1, -0.05) is 6.07 Å². The number of hydrogen-bond donors (Lipinski definition) is 1. The van der Waals surface area contributed by atoms with Crippen LogP contribution in [0.4, 0.5) is 0 Å². The first-order valence-corrected chi connectivity index (χ1v) is 9.80. The summed E-state index contributed by atoms with van der Waals surface area (Å²) in [5.41, 5.74) is 3.69. The van der Waals surface area contributed by atoms with E-state index in [0.717, 1.165) is 18.8 Å². The van der Waals surface area contributed by atoms with Crippen LogP contribution in [0, 0.1) is 13.8 Å². The van der Waals surface area contributed by atoms with E-state index in [9.17, 15) is 4.79 Å². The Kier molecular flexibility index (Phi) is 6.10. The van der Waals surface area contributed by atoms with Crippen LogP contribution >= 0.6 is 11.3 Å². The number of hydrogen-bond acceptors (Lipinski definition) is 4. The quantitative estimate of drug-likeness (QED) is 0.821. The van der Waals surface area contributed by atoms with E-state index in [1.54, 1.807) is 11.3 Å². The van der Waals surface area contributed by atoms with Crippen molar-refractivity contribution >= 4 is 17.2 Å². The lowest BCUT2D eigenvalue weighted by molar-refractivity contribution is -0.123. The fraction of sp³-hybridized carbons (Fsp3) is 0.450. The van der Waals surface area contributed by atoms with Gasteiger partial charge in [0.25, 0.3) is 5.91 Å². The fourth-order valence-corrected chi connectivity index (χ4v) is 3.90. The number of rotatable bonds is 7. The van der Waals surface area contributed by atoms with E-state index >= 15 is 0 Å². The Morgan fingerprint density at radius 2 is 2.04 bits per heavy atom. The highest BCUT2D eigenvalue weighted by Crippen LogP contribution is 2.26. The van der Waals surface area contributed by atoms with Gasteiger partial charge in [0.2, 0.25) is 0 Å². The van der Waals surface area contributed by atoms with Crippen molar-refractivity contribution in [1.29, 1.82) is 0 Å². The smallest absolute Gasteiger partial charge is 0.258 e. The Labute approximate surface area is 153 Å². The molecule has 3 rings (SSSR count). The highest BCUT2D eigenvalue weighted by atomic mass is 32.1. The van der Waals surface area contributed by atoms with Crippen LogP contribution in [0.5, 0.6) is 5.75 Å². The van der Waals surface area contributed by atoms with E-state index in [4.69, 9.17) is 4.74 Å². The minimum absolute atomic E-state index is 0.0544. The lowest BCUT2D eigenvalue weighted by Gasteiger charge is -2.27. The second kappa shape index (κ2) is 8.50. The molecule has 1 aliphatic heterocycles. The van der Waals surface area contributed by atoms with Gasteiger partial charge in [-0.2, -0.15) is 11.3 Å². The topological polar surface area (TPSA) is 41.6 Å². The third kappa shape index (κ3) is 4.83. The first-order valence-electron chi connectivity index (χ1n) is 8.86. The maximum Gasteiger partial charge on any atom is 0.258 e. The number of carbonyl (C=O) groups excluding carboxylic acids is 1. The molecule has 1 amide bonds. The second-order valence-corrected chi connectivity index (χ2v) is 7.43. The molecule has 1 N–H and O–H groups in total. The highest BCUT2D eigenvalue weighted by molar-refractivity contribution is 7.07. The largest absolute Gasteiger partial charge is 0.484 e. The molecule has 1 fully saturated rings. The van der Waals surface area contributed by atoms with Gasteiger partial charge >= 0.3 is 0 Å². The normalized spacial score (nSPS) is 15.9. The molecule has 134 valence electrons. The third-order valence-corrected chi connectivity index (χ3v) is 5.55. The van der Waals surface area contributed by atoms with Crippen molar-refractivity contribution in [3.8, 4) is 5.75 Å². The van der Waals surface area contributed by atoms with Crippen LogP contribution in [0.2, 0.25) is 0 Å². The van der Waals surface area contributed by atoms with E-state index in [1.807, 2.05) is 25.1 Å². The van der Waals surface area contributed by atoms with Crippen molar-refractivity contribution in [2.24, 2.45) is 0 Å². The number of carbonyl (C=O) groups is 1. The van der Waals surface area contributed by atoms with E-state index < -0.39 is 0 Å². The number of thiophene rings is 1. The van der Waals surface area contributed by atoms with Crippen LogP contribution in [-0.4, -0.2) is 37.0 Å². The Balaban J connectivity index is 1.51. The van der Waals surface area contributed by atoms with Gasteiger partial charge in [-0.15, -0.1) is 0 Å². The van der Waals surface area contributed by atoms with Gasteiger partial charge in [0.15, 0.2) is 6.61 Å². The zero-order valence-electron chi connectivity index (χ0n) is 15.0. The standard InChI is InChI=1S/C20H26N2O2S/c1-15-5-6-18(11-16(15)2)24-13-20(23)21-12-19(17-7-10-25-14-17)22-8-3-4-9-22/h5-7,10-11,14,19H,3-4,8-9,12-13H2,1-2H3,(H,21,23). The molecule has 0 aliphatic carbocycles. The molecule has 1 atom stereocenters. The molecule has 1 saturated heterocycles. The summed E-state index contributed by atoms with van der Waals surface area (Å²) in [6.45, 7) is 7.01. The Bertz CT molecular complexity index is 694. The van der Waals surface area contributed by atoms with Gasteiger partial charge in [-0.05, 0) is 85.4 Å². The van der Waals surface area contributed by atoms with E-state index in [-0.39, 0.29) is 18.6 Å². The first-order chi connectivity index (χ1) is 12.1. The summed E-state index contributed by atoms with van der Waals surface area (Å²) in [6, 6.07) is 8.32. The van der Waals surface area contributed by atoms with Crippen molar-refractivity contribution < 1.29 is 9.53 Å². The Morgan fingerprint density at radius 3 is 2.72 bits per heavy atom. The summed E-state index contributed by atoms with van der Waals surface area (Å²) in [6.07, 6.45) is 2.48. The highest BCUT2D eigenvalue weighted by Gasteiger charge is 2.24. The van der Waals surface area contributed by atoms with Crippen molar-refractivity contribution in [1.82, 2.24) is 10.2 Å². The molecule has 2 aromatic rings. The second-order valence-electron chi connectivity index (χ2n) is 6.65. The maximum atomic E-state index is 12.2. The molecule has 1 aromatic heterocycles. The van der Waals surface area contributed by atoms with Gasteiger partial charge in [0, 0.05) is 6.54 Å². The molecular formula is C20H26N2O2S. The molecule has 4 nitrogen and oxygen atoms in total. The number of likely N-dealkylation sites (tertiary alicyclic amines) is 1. The maximum absolute atomic E-state index is 12.2. The average Bonchev–Trinajstić information content (AvgIpc) is 3.30. The molecule has 2 heterocycles. The van der Waals surface area contributed by atoms with Crippen LogP contribution in [0.1, 0.15) is 35.6 Å². The molecule has 0 saturated carbocycles. The van der Waals surface area contributed by atoms with Crippen molar-refractivity contribution in [3.63, 3.8) is 0 Å². The number of aryl methyl sites for hydroxylation is 2. The first kappa shape index (κ1) is 18.0. The molecule has 0 radical (unpaired) electrons. The number of amides is 1. The summed E-state index contributed by atoms with van der Waals surface area (Å²) in [7, 11) is 0. The number of ether oxygens (including phenoxy) is 1. The molecule has 25 heavy (non-hydrogen) atoms. The zero-order valence-corrected chi connectivity index (χ0v) is 15.8. The summed E-state index contributed by atoms with van der Waals surface area (Å²) in [4.78, 5) is 14.7. The average molecular weight is 359 g/mol. The van der Waals surface area contributed by atoms with E-state index in [2.05, 4.69) is 34.0 Å². The van der Waals surface area contributed by atoms with Gasteiger partial charge in [-0.25, -0.2) is 0 Å². The zero-order chi connectivity index (χ0) is 17.6. The number of nitrogens with one attached hydrogen (secondary N) is 1. The molecule has 1 unspecified atom stereocenters. The Morgan fingerprint density at radius 1 is 1.24 bits per heavy atom. The SMILES string of the molecule is Cc1ccc(OCC(=O)NCC(c2ccsc2)N2CCCC2)cc1C. The van der Waals surface area contributed by atoms with Crippen LogP contribution in [-0.2, 0) is 4.79 Å².